The lowest BCUT2D eigenvalue weighted by molar-refractivity contribution is -0.119. The van der Waals surface area contributed by atoms with Gasteiger partial charge in [-0.25, -0.2) is 0 Å². The number of hydrogen-bond donors (Lipinski definition) is 1. The van der Waals surface area contributed by atoms with Crippen molar-refractivity contribution in [3.8, 4) is 6.07 Å². The number of rotatable bonds is 0. The Hall–Kier alpha value is -1.04. The number of hydrogen-bond acceptors (Lipinski definition) is 2. The van der Waals surface area contributed by atoms with Gasteiger partial charge in [-0.15, -0.1) is 0 Å². The number of nitrogens with one attached hydrogen (secondary N) is 1. The Bertz CT molecular complexity index is 182. The maximum atomic E-state index is 10.6. The maximum absolute atomic E-state index is 10.6. The molecule has 0 radical (unpaired) electrons. The minimum absolute atomic E-state index is 0.0148. The zero-order valence-corrected chi connectivity index (χ0v) is 5.27. The summed E-state index contributed by atoms with van der Waals surface area (Å²) in [7, 11) is 0. The number of carbonyl (C=O) groups excluding carboxylic acids is 1. The number of nitrogens with zero attached hydrogens (tertiary/aromatic N) is 1. The molecule has 48 valence electrons. The zero-order valence-electron chi connectivity index (χ0n) is 5.27. The van der Waals surface area contributed by atoms with Crippen molar-refractivity contribution in [3.05, 3.63) is 0 Å². The minimum Gasteiger partial charge on any atom is -0.338 e. The van der Waals surface area contributed by atoms with Gasteiger partial charge in [0, 0.05) is 6.42 Å². The van der Waals surface area contributed by atoms with Crippen LogP contribution in [0.4, 0.5) is 0 Å². The third kappa shape index (κ3) is 1.02. The molecule has 0 spiro atoms. The van der Waals surface area contributed by atoms with E-state index >= 15 is 0 Å². The lowest BCUT2D eigenvalue weighted by Gasteiger charge is -2.11. The van der Waals surface area contributed by atoms with Gasteiger partial charge in [0.1, 0.15) is 5.54 Å². The van der Waals surface area contributed by atoms with Crippen molar-refractivity contribution < 1.29 is 4.79 Å². The molecule has 9 heavy (non-hydrogen) atoms. The van der Waals surface area contributed by atoms with E-state index in [2.05, 4.69) is 5.32 Å². The Kier molecular flexibility index (Phi) is 1.17. The Morgan fingerprint density at radius 3 is 2.78 bits per heavy atom. The summed E-state index contributed by atoms with van der Waals surface area (Å²) >= 11 is 0. The van der Waals surface area contributed by atoms with E-state index in [9.17, 15) is 4.79 Å². The summed E-state index contributed by atoms with van der Waals surface area (Å²) in [6.07, 6.45) is 1.13. The van der Waals surface area contributed by atoms with Crippen LogP contribution in [-0.4, -0.2) is 11.4 Å². The third-order valence-corrected chi connectivity index (χ3v) is 1.51. The van der Waals surface area contributed by atoms with Crippen molar-refractivity contribution in [1.82, 2.24) is 5.32 Å². The SMILES string of the molecule is C[C@]1(C#N)CCC(=O)N1. The van der Waals surface area contributed by atoms with Crippen LogP contribution in [0.5, 0.6) is 0 Å². The van der Waals surface area contributed by atoms with Gasteiger partial charge in [-0.3, -0.25) is 4.79 Å². The summed E-state index contributed by atoms with van der Waals surface area (Å²) in [5.41, 5.74) is -0.586. The second kappa shape index (κ2) is 1.73. The first-order valence-electron chi connectivity index (χ1n) is 2.88. The predicted octanol–water partition coefficient (Wildman–Crippen LogP) is 0.179. The largest absolute Gasteiger partial charge is 0.338 e. The molecule has 3 heteroatoms. The highest BCUT2D eigenvalue weighted by Gasteiger charge is 2.32. The van der Waals surface area contributed by atoms with Gasteiger partial charge in [0.15, 0.2) is 0 Å². The summed E-state index contributed by atoms with van der Waals surface area (Å²) in [5.74, 6) is -0.0148. The smallest absolute Gasteiger partial charge is 0.221 e. The van der Waals surface area contributed by atoms with E-state index < -0.39 is 5.54 Å². The average Bonchev–Trinajstić information content (AvgIpc) is 2.13. The summed E-state index contributed by atoms with van der Waals surface area (Å²) in [6.45, 7) is 1.73. The fraction of sp³-hybridized carbons (Fsp3) is 0.667. The van der Waals surface area contributed by atoms with Crippen LogP contribution >= 0.6 is 0 Å². The molecule has 0 aromatic rings. The van der Waals surface area contributed by atoms with Crippen LogP contribution in [0.15, 0.2) is 0 Å². The molecule has 0 aliphatic carbocycles. The highest BCUT2D eigenvalue weighted by Crippen LogP contribution is 2.17. The molecule has 1 N–H and O–H groups in total. The lowest BCUT2D eigenvalue weighted by atomic mass is 10.0. The minimum atomic E-state index is -0.586. The van der Waals surface area contributed by atoms with E-state index in [4.69, 9.17) is 5.26 Å². The van der Waals surface area contributed by atoms with Gasteiger partial charge in [0.05, 0.1) is 6.07 Å². The van der Waals surface area contributed by atoms with E-state index in [1.807, 2.05) is 6.07 Å². The van der Waals surface area contributed by atoms with Crippen molar-refractivity contribution in [1.29, 1.82) is 5.26 Å². The Labute approximate surface area is 53.7 Å². The highest BCUT2D eigenvalue weighted by atomic mass is 16.2. The van der Waals surface area contributed by atoms with E-state index in [0.717, 1.165) is 0 Å². The van der Waals surface area contributed by atoms with Crippen LogP contribution in [-0.2, 0) is 4.79 Å². The molecule has 1 aliphatic heterocycles. The number of carbonyl (C=O) groups is 1. The van der Waals surface area contributed by atoms with Crippen molar-refractivity contribution >= 4 is 5.91 Å². The maximum Gasteiger partial charge on any atom is 0.221 e. The summed E-state index contributed by atoms with van der Waals surface area (Å²) in [5, 5.41) is 11.1. The first-order chi connectivity index (χ1) is 4.16. The Morgan fingerprint density at radius 1 is 1.89 bits per heavy atom. The molecule has 1 aliphatic rings. The molecule has 0 bridgehead atoms. The van der Waals surface area contributed by atoms with Gasteiger partial charge < -0.3 is 5.32 Å². The summed E-state index contributed by atoms with van der Waals surface area (Å²) in [6, 6.07) is 2.04. The molecular formula is C6H8N2O. The van der Waals surface area contributed by atoms with Crippen LogP contribution in [0.3, 0.4) is 0 Å². The predicted molar refractivity (Wildman–Crippen MR) is 31.4 cm³/mol. The standard InChI is InChI=1S/C6H8N2O/c1-6(4-7)3-2-5(9)8-6/h2-3H2,1H3,(H,8,9)/t6-/m1/s1. The number of amides is 1. The molecule has 1 amide bonds. The molecule has 1 rings (SSSR count). The van der Waals surface area contributed by atoms with Crippen molar-refractivity contribution in [2.24, 2.45) is 0 Å². The molecule has 1 heterocycles. The average molecular weight is 124 g/mol. The molecule has 0 aromatic heterocycles. The normalized spacial score (nSPS) is 33.6. The van der Waals surface area contributed by atoms with Crippen LogP contribution in [0.1, 0.15) is 19.8 Å². The first kappa shape index (κ1) is 6.09. The molecule has 0 unspecified atom stereocenters. The molecule has 3 nitrogen and oxygen atoms in total. The van der Waals surface area contributed by atoms with Crippen molar-refractivity contribution in [2.75, 3.05) is 0 Å². The third-order valence-electron chi connectivity index (χ3n) is 1.51. The van der Waals surface area contributed by atoms with Gasteiger partial charge in [-0.1, -0.05) is 0 Å². The Balaban J connectivity index is 2.68. The van der Waals surface area contributed by atoms with Gasteiger partial charge in [-0.05, 0) is 13.3 Å². The van der Waals surface area contributed by atoms with Crippen molar-refractivity contribution in [2.45, 2.75) is 25.3 Å². The fourth-order valence-electron chi connectivity index (χ4n) is 0.880. The van der Waals surface area contributed by atoms with Crippen LogP contribution < -0.4 is 5.32 Å². The molecule has 0 aromatic carbocycles. The molecule has 1 fully saturated rings. The Morgan fingerprint density at radius 2 is 2.56 bits per heavy atom. The summed E-state index contributed by atoms with van der Waals surface area (Å²) < 4.78 is 0. The lowest BCUT2D eigenvalue weighted by Crippen LogP contribution is -2.36. The van der Waals surface area contributed by atoms with Crippen LogP contribution in [0.2, 0.25) is 0 Å². The molecular weight excluding hydrogens is 116 g/mol. The highest BCUT2D eigenvalue weighted by molar-refractivity contribution is 5.80. The van der Waals surface area contributed by atoms with Gasteiger partial charge in [0.2, 0.25) is 5.91 Å². The topological polar surface area (TPSA) is 52.9 Å². The quantitative estimate of drug-likeness (QED) is 0.500. The fourth-order valence-corrected chi connectivity index (χ4v) is 0.880. The van der Waals surface area contributed by atoms with Crippen LogP contribution in [0.25, 0.3) is 0 Å². The van der Waals surface area contributed by atoms with Gasteiger partial charge in [0.25, 0.3) is 0 Å². The number of nitriles is 1. The second-order valence-electron chi connectivity index (χ2n) is 2.49. The molecule has 0 saturated carbocycles. The van der Waals surface area contributed by atoms with Crippen molar-refractivity contribution in [3.63, 3.8) is 0 Å². The van der Waals surface area contributed by atoms with E-state index in [-0.39, 0.29) is 5.91 Å². The monoisotopic (exact) mass is 124 g/mol. The first-order valence-corrected chi connectivity index (χ1v) is 2.88. The van der Waals surface area contributed by atoms with E-state index in [1.54, 1.807) is 6.92 Å². The summed E-state index contributed by atoms with van der Waals surface area (Å²) in [4.78, 5) is 10.6. The van der Waals surface area contributed by atoms with Crippen LogP contribution in [0, 0.1) is 11.3 Å². The molecule has 1 atom stereocenters. The van der Waals surface area contributed by atoms with E-state index in [1.165, 1.54) is 0 Å². The molecule has 1 saturated heterocycles. The van der Waals surface area contributed by atoms with Gasteiger partial charge >= 0.3 is 0 Å². The second-order valence-corrected chi connectivity index (χ2v) is 2.49. The van der Waals surface area contributed by atoms with E-state index in [0.29, 0.717) is 12.8 Å². The zero-order chi connectivity index (χ0) is 6.91. The van der Waals surface area contributed by atoms with Gasteiger partial charge in [-0.2, -0.15) is 5.26 Å².